The molecule has 18 heavy (non-hydrogen) atoms. The van der Waals surface area contributed by atoms with Crippen molar-refractivity contribution in [2.45, 2.75) is 43.7 Å². The molecule has 1 aliphatic carbocycles. The molecule has 0 aliphatic heterocycles. The summed E-state index contributed by atoms with van der Waals surface area (Å²) in [6.07, 6.45) is 6.50. The topological polar surface area (TPSA) is 15.3 Å². The fourth-order valence-electron chi connectivity index (χ4n) is 3.31. The normalized spacial score (nSPS) is 21.2. The number of likely N-dealkylation sites (N-methyl/N-ethyl adjacent to an activating group) is 2. The van der Waals surface area contributed by atoms with Crippen LogP contribution in [0.25, 0.3) is 0 Å². The lowest BCUT2D eigenvalue weighted by molar-refractivity contribution is 0.0607. The van der Waals surface area contributed by atoms with Gasteiger partial charge in [0, 0.05) is 10.4 Å². The van der Waals surface area contributed by atoms with Crippen molar-refractivity contribution in [1.82, 2.24) is 10.2 Å². The lowest BCUT2D eigenvalue weighted by Crippen LogP contribution is -2.54. The highest BCUT2D eigenvalue weighted by atomic mass is 35.5. The summed E-state index contributed by atoms with van der Waals surface area (Å²) in [5.41, 5.74) is 0.210. The van der Waals surface area contributed by atoms with Crippen LogP contribution in [-0.2, 0) is 0 Å². The molecule has 1 heterocycles. The molecular formula is C14H23ClN2S. The van der Waals surface area contributed by atoms with Crippen LogP contribution in [0.3, 0.4) is 0 Å². The highest BCUT2D eigenvalue weighted by Crippen LogP contribution is 2.45. The molecule has 0 saturated heterocycles. The van der Waals surface area contributed by atoms with E-state index in [4.69, 9.17) is 11.6 Å². The number of thiophene rings is 1. The third-order valence-electron chi connectivity index (χ3n) is 4.34. The smallest absolute Gasteiger partial charge is 0.0614 e. The van der Waals surface area contributed by atoms with Crippen LogP contribution in [-0.4, -0.2) is 31.6 Å². The summed E-state index contributed by atoms with van der Waals surface area (Å²) in [4.78, 5) is 3.69. The van der Waals surface area contributed by atoms with Gasteiger partial charge in [0.25, 0.3) is 0 Å². The number of halogens is 1. The highest BCUT2D eigenvalue weighted by Gasteiger charge is 2.42. The Morgan fingerprint density at radius 2 is 2.00 bits per heavy atom. The molecule has 1 aromatic heterocycles. The zero-order valence-electron chi connectivity index (χ0n) is 11.5. The number of nitrogens with zero attached hydrogens (tertiary/aromatic N) is 1. The molecule has 2 nitrogen and oxygen atoms in total. The summed E-state index contributed by atoms with van der Waals surface area (Å²) in [5, 5.41) is 6.52. The van der Waals surface area contributed by atoms with Crippen LogP contribution in [0.5, 0.6) is 0 Å². The van der Waals surface area contributed by atoms with Gasteiger partial charge in [0.2, 0.25) is 0 Å². The van der Waals surface area contributed by atoms with Crippen LogP contribution in [0.4, 0.5) is 0 Å². The van der Waals surface area contributed by atoms with Gasteiger partial charge in [-0.3, -0.25) is 0 Å². The first-order chi connectivity index (χ1) is 8.62. The maximum atomic E-state index is 6.35. The molecule has 4 heteroatoms. The molecule has 1 fully saturated rings. The monoisotopic (exact) mass is 286 g/mol. The minimum atomic E-state index is 0.210. The highest BCUT2D eigenvalue weighted by molar-refractivity contribution is 7.10. The van der Waals surface area contributed by atoms with Crippen molar-refractivity contribution in [3.05, 3.63) is 21.3 Å². The summed E-state index contributed by atoms with van der Waals surface area (Å²) in [6.45, 7) is 0. The van der Waals surface area contributed by atoms with Gasteiger partial charge >= 0.3 is 0 Å². The largest absolute Gasteiger partial charge is 0.311 e. The average Bonchev–Trinajstić information content (AvgIpc) is 2.78. The van der Waals surface area contributed by atoms with E-state index >= 15 is 0 Å². The predicted octanol–water partition coefficient (Wildman–Crippen LogP) is 3.93. The Kier molecular flexibility index (Phi) is 4.70. The first kappa shape index (κ1) is 14.3. The van der Waals surface area contributed by atoms with E-state index < -0.39 is 0 Å². The first-order valence-electron chi connectivity index (χ1n) is 6.69. The molecular weight excluding hydrogens is 264 g/mol. The van der Waals surface area contributed by atoms with Gasteiger partial charge in [0.15, 0.2) is 0 Å². The van der Waals surface area contributed by atoms with E-state index in [-0.39, 0.29) is 5.54 Å². The maximum absolute atomic E-state index is 6.35. The molecule has 1 atom stereocenters. The van der Waals surface area contributed by atoms with Crippen molar-refractivity contribution in [2.75, 3.05) is 21.1 Å². The molecule has 0 spiro atoms. The lowest BCUT2D eigenvalue weighted by Gasteiger charge is -2.48. The summed E-state index contributed by atoms with van der Waals surface area (Å²) >= 11 is 8.12. The van der Waals surface area contributed by atoms with Crippen molar-refractivity contribution in [1.29, 1.82) is 0 Å². The van der Waals surface area contributed by atoms with E-state index in [1.54, 1.807) is 11.3 Å². The van der Waals surface area contributed by atoms with E-state index in [1.807, 2.05) is 6.07 Å². The van der Waals surface area contributed by atoms with E-state index in [1.165, 1.54) is 37.0 Å². The van der Waals surface area contributed by atoms with Crippen LogP contribution in [0.2, 0.25) is 5.02 Å². The molecule has 1 N–H and O–H groups in total. The Balaban J connectivity index is 2.36. The van der Waals surface area contributed by atoms with Gasteiger partial charge in [0.05, 0.1) is 11.1 Å². The van der Waals surface area contributed by atoms with Crippen molar-refractivity contribution >= 4 is 22.9 Å². The molecule has 1 aromatic rings. The minimum absolute atomic E-state index is 0.210. The Morgan fingerprint density at radius 1 is 1.33 bits per heavy atom. The second-order valence-electron chi connectivity index (χ2n) is 5.41. The molecule has 2 rings (SSSR count). The SMILES string of the molecule is CNC(c1sccc1Cl)C1(N(C)C)CCCCC1. The number of nitrogens with one attached hydrogen (secondary N) is 1. The Hall–Kier alpha value is -0.0900. The van der Waals surface area contributed by atoms with Crippen molar-refractivity contribution < 1.29 is 0 Å². The number of rotatable bonds is 4. The Morgan fingerprint density at radius 3 is 2.44 bits per heavy atom. The minimum Gasteiger partial charge on any atom is -0.311 e. The van der Waals surface area contributed by atoms with E-state index in [9.17, 15) is 0 Å². The van der Waals surface area contributed by atoms with Crippen LogP contribution in [0.15, 0.2) is 11.4 Å². The van der Waals surface area contributed by atoms with Crippen LogP contribution >= 0.6 is 22.9 Å². The van der Waals surface area contributed by atoms with E-state index in [0.29, 0.717) is 6.04 Å². The number of hydrogen-bond donors (Lipinski definition) is 1. The van der Waals surface area contributed by atoms with Crippen LogP contribution < -0.4 is 5.32 Å². The molecule has 1 aliphatic rings. The van der Waals surface area contributed by atoms with Crippen LogP contribution in [0.1, 0.15) is 43.0 Å². The van der Waals surface area contributed by atoms with Gasteiger partial charge in [0.1, 0.15) is 0 Å². The quantitative estimate of drug-likeness (QED) is 0.902. The zero-order chi connectivity index (χ0) is 13.2. The third kappa shape index (κ3) is 2.46. The van der Waals surface area contributed by atoms with Crippen molar-refractivity contribution in [2.24, 2.45) is 0 Å². The third-order valence-corrected chi connectivity index (χ3v) is 5.77. The molecule has 1 unspecified atom stereocenters. The first-order valence-corrected chi connectivity index (χ1v) is 7.95. The molecule has 0 bridgehead atoms. The molecule has 0 aromatic carbocycles. The molecule has 0 radical (unpaired) electrons. The maximum Gasteiger partial charge on any atom is 0.0614 e. The van der Waals surface area contributed by atoms with Crippen LogP contribution in [0, 0.1) is 0 Å². The summed E-state index contributed by atoms with van der Waals surface area (Å²) in [5.74, 6) is 0. The average molecular weight is 287 g/mol. The Bertz CT molecular complexity index is 383. The lowest BCUT2D eigenvalue weighted by atomic mass is 9.75. The fourth-order valence-corrected chi connectivity index (χ4v) is 4.70. The van der Waals surface area contributed by atoms with Gasteiger partial charge in [-0.25, -0.2) is 0 Å². The fraction of sp³-hybridized carbons (Fsp3) is 0.714. The summed E-state index contributed by atoms with van der Waals surface area (Å²) in [7, 11) is 6.47. The zero-order valence-corrected chi connectivity index (χ0v) is 13.1. The van der Waals surface area contributed by atoms with E-state index in [0.717, 1.165) is 5.02 Å². The summed E-state index contributed by atoms with van der Waals surface area (Å²) < 4.78 is 0. The molecule has 1 saturated carbocycles. The molecule has 0 amide bonds. The summed E-state index contributed by atoms with van der Waals surface area (Å²) in [6, 6.07) is 2.35. The standard InChI is InChI=1S/C14H23ClN2S/c1-16-13(12-11(15)7-10-18-12)14(17(2)3)8-5-4-6-9-14/h7,10,13,16H,4-6,8-9H2,1-3H3. The van der Waals surface area contributed by atoms with Crippen molar-refractivity contribution in [3.63, 3.8) is 0 Å². The van der Waals surface area contributed by atoms with Gasteiger partial charge in [-0.05, 0) is 45.4 Å². The second-order valence-corrected chi connectivity index (χ2v) is 6.77. The van der Waals surface area contributed by atoms with Gasteiger partial charge in [-0.1, -0.05) is 30.9 Å². The Labute approximate surface area is 119 Å². The predicted molar refractivity (Wildman–Crippen MR) is 80.6 cm³/mol. The molecule has 102 valence electrons. The van der Waals surface area contributed by atoms with Crippen molar-refractivity contribution in [3.8, 4) is 0 Å². The van der Waals surface area contributed by atoms with Gasteiger partial charge in [-0.2, -0.15) is 0 Å². The second kappa shape index (κ2) is 5.91. The van der Waals surface area contributed by atoms with E-state index in [2.05, 4.69) is 36.7 Å². The number of hydrogen-bond acceptors (Lipinski definition) is 3. The van der Waals surface area contributed by atoms with Gasteiger partial charge < -0.3 is 10.2 Å². The van der Waals surface area contributed by atoms with Gasteiger partial charge in [-0.15, -0.1) is 11.3 Å².